The Kier molecular flexibility index (Phi) is 7.76. The SMILES string of the molecule is CCCCCC1(CCCCS(=O)(=O)O)c2cc(C3=CC=C[C+]=C3)ccc2-c2ccc(-c3ccccc3)cc21. The van der Waals surface area contributed by atoms with Crippen LogP contribution in [0.15, 0.2) is 91.0 Å². The van der Waals surface area contributed by atoms with Crippen molar-refractivity contribution in [2.75, 3.05) is 5.75 Å². The Morgan fingerprint density at radius 1 is 0.789 bits per heavy atom. The van der Waals surface area contributed by atoms with E-state index in [0.717, 1.165) is 44.1 Å². The van der Waals surface area contributed by atoms with Crippen molar-refractivity contribution in [2.24, 2.45) is 0 Å². The average Bonchev–Trinajstić information content (AvgIpc) is 3.20. The lowest BCUT2D eigenvalue weighted by atomic mass is 9.70. The molecule has 0 radical (unpaired) electrons. The van der Waals surface area contributed by atoms with Crippen LogP contribution in [-0.2, 0) is 15.5 Å². The molecule has 1 atom stereocenters. The zero-order valence-corrected chi connectivity index (χ0v) is 22.8. The Morgan fingerprint density at radius 2 is 1.45 bits per heavy atom. The Balaban J connectivity index is 1.64. The zero-order chi connectivity index (χ0) is 26.6. The molecule has 3 aromatic carbocycles. The van der Waals surface area contributed by atoms with E-state index in [1.165, 1.54) is 38.9 Å². The van der Waals surface area contributed by atoms with Gasteiger partial charge in [0.15, 0.2) is 0 Å². The standard InChI is InChI=1S/C34H34O3S/c1-2-3-10-21-34(22-11-12-23-38(35,36)37)32-24-28(26-13-6-4-7-14-26)17-19-30(32)31-20-18-29(25-33(31)34)27-15-8-5-9-16-27/h4-8,13-20,24-25H,2-3,10-12,21-23H2,1H3/p+1. The molecule has 0 aliphatic heterocycles. The normalized spacial score (nSPS) is 17.6. The van der Waals surface area contributed by atoms with Crippen molar-refractivity contribution < 1.29 is 13.0 Å². The monoisotopic (exact) mass is 523 g/mol. The first-order chi connectivity index (χ1) is 18.4. The number of benzene rings is 3. The second kappa shape index (κ2) is 11.2. The number of fused-ring (bicyclic) bond motifs is 3. The fourth-order valence-corrected chi connectivity index (χ4v) is 6.68. The highest BCUT2D eigenvalue weighted by Gasteiger charge is 2.43. The first-order valence-electron chi connectivity index (χ1n) is 13.7. The molecule has 0 bridgehead atoms. The summed E-state index contributed by atoms with van der Waals surface area (Å²) in [5.41, 5.74) is 9.73. The van der Waals surface area contributed by atoms with Crippen molar-refractivity contribution in [3.63, 3.8) is 0 Å². The summed E-state index contributed by atoms with van der Waals surface area (Å²) in [7, 11) is -3.97. The minimum Gasteiger partial charge on any atom is -0.286 e. The van der Waals surface area contributed by atoms with E-state index in [1.54, 1.807) is 0 Å². The summed E-state index contributed by atoms with van der Waals surface area (Å²) in [4.78, 5) is 0. The van der Waals surface area contributed by atoms with Crippen LogP contribution in [0.2, 0.25) is 0 Å². The largest absolute Gasteiger partial charge is 0.286 e. The summed E-state index contributed by atoms with van der Waals surface area (Å²) in [6, 6.07) is 24.2. The fraction of sp³-hybridized carbons (Fsp3) is 0.294. The second-order valence-electron chi connectivity index (χ2n) is 10.5. The van der Waals surface area contributed by atoms with Crippen LogP contribution in [0, 0.1) is 6.08 Å². The van der Waals surface area contributed by atoms with Crippen LogP contribution in [0.4, 0.5) is 0 Å². The van der Waals surface area contributed by atoms with Crippen molar-refractivity contribution in [3.8, 4) is 22.3 Å². The van der Waals surface area contributed by atoms with E-state index in [1.807, 2.05) is 24.3 Å². The molecule has 4 heteroatoms. The van der Waals surface area contributed by atoms with E-state index in [0.29, 0.717) is 6.42 Å². The van der Waals surface area contributed by atoms with Crippen molar-refractivity contribution in [2.45, 2.75) is 57.3 Å². The summed E-state index contributed by atoms with van der Waals surface area (Å²) in [5.74, 6) is -0.193. The van der Waals surface area contributed by atoms with Crippen molar-refractivity contribution in [3.05, 3.63) is 114 Å². The van der Waals surface area contributed by atoms with Crippen LogP contribution in [0.25, 0.3) is 27.8 Å². The van der Waals surface area contributed by atoms with Crippen molar-refractivity contribution >= 4 is 15.7 Å². The Morgan fingerprint density at radius 3 is 2.08 bits per heavy atom. The van der Waals surface area contributed by atoms with Crippen LogP contribution in [-0.4, -0.2) is 18.7 Å². The molecule has 2 aliphatic carbocycles. The fourth-order valence-electron chi connectivity index (χ4n) is 6.11. The molecule has 2 aliphatic rings. The van der Waals surface area contributed by atoms with Gasteiger partial charge in [-0.1, -0.05) is 81.1 Å². The van der Waals surface area contributed by atoms with E-state index in [9.17, 15) is 13.0 Å². The molecule has 0 aromatic heterocycles. The van der Waals surface area contributed by atoms with Crippen molar-refractivity contribution in [1.82, 2.24) is 0 Å². The minimum atomic E-state index is -3.97. The molecule has 3 aromatic rings. The van der Waals surface area contributed by atoms with Gasteiger partial charge >= 0.3 is 0 Å². The van der Waals surface area contributed by atoms with Crippen LogP contribution in [0.3, 0.4) is 0 Å². The third-order valence-electron chi connectivity index (χ3n) is 7.97. The smallest absolute Gasteiger partial charge is 0.264 e. The zero-order valence-electron chi connectivity index (χ0n) is 22.0. The molecule has 5 rings (SSSR count). The Labute approximate surface area is 227 Å². The summed E-state index contributed by atoms with van der Waals surface area (Å²) >= 11 is 0. The molecule has 194 valence electrons. The molecule has 0 saturated carbocycles. The molecule has 0 amide bonds. The van der Waals surface area contributed by atoms with Crippen LogP contribution in [0.5, 0.6) is 0 Å². The number of unbranched alkanes of at least 4 members (excludes halogenated alkanes) is 3. The van der Waals surface area contributed by atoms with Crippen LogP contribution >= 0.6 is 0 Å². The lowest BCUT2D eigenvalue weighted by molar-refractivity contribution is 0.407. The highest BCUT2D eigenvalue weighted by atomic mass is 32.2. The number of allylic oxidation sites excluding steroid dienone is 6. The third kappa shape index (κ3) is 5.44. The molecule has 1 unspecified atom stereocenters. The van der Waals surface area contributed by atoms with Gasteiger partial charge in [-0.2, -0.15) is 8.42 Å². The first kappa shape index (κ1) is 26.3. The number of rotatable bonds is 11. The van der Waals surface area contributed by atoms with E-state index in [4.69, 9.17) is 0 Å². The molecular formula is C34H35O3S+. The van der Waals surface area contributed by atoms with Gasteiger partial charge in [0.05, 0.1) is 17.4 Å². The lowest BCUT2D eigenvalue weighted by Gasteiger charge is -2.33. The summed E-state index contributed by atoms with van der Waals surface area (Å²) in [6.45, 7) is 2.23. The maximum absolute atomic E-state index is 11.5. The molecule has 0 spiro atoms. The predicted octanol–water partition coefficient (Wildman–Crippen LogP) is 8.57. The van der Waals surface area contributed by atoms with Gasteiger partial charge < -0.3 is 0 Å². The van der Waals surface area contributed by atoms with Gasteiger partial charge in [0.25, 0.3) is 10.1 Å². The van der Waals surface area contributed by atoms with Crippen LogP contribution < -0.4 is 0 Å². The predicted molar refractivity (Wildman–Crippen MR) is 157 cm³/mol. The van der Waals surface area contributed by atoms with Gasteiger partial charge in [-0.25, -0.2) is 0 Å². The highest BCUT2D eigenvalue weighted by molar-refractivity contribution is 7.85. The highest BCUT2D eigenvalue weighted by Crippen LogP contribution is 2.55. The van der Waals surface area contributed by atoms with E-state index in [2.05, 4.69) is 79.7 Å². The second-order valence-corrected chi connectivity index (χ2v) is 12.0. The molecule has 0 saturated heterocycles. The van der Waals surface area contributed by atoms with E-state index < -0.39 is 10.1 Å². The van der Waals surface area contributed by atoms with Gasteiger partial charge in [0.1, 0.15) is 12.2 Å². The number of hydrogen-bond donors (Lipinski definition) is 1. The summed E-state index contributed by atoms with van der Waals surface area (Å²) in [5, 5.41) is 0. The van der Waals surface area contributed by atoms with Gasteiger partial charge in [0, 0.05) is 23.1 Å². The quantitative estimate of drug-likeness (QED) is 0.156. The van der Waals surface area contributed by atoms with Gasteiger partial charge in [0.2, 0.25) is 0 Å². The third-order valence-corrected chi connectivity index (χ3v) is 8.78. The first-order valence-corrected chi connectivity index (χ1v) is 15.3. The molecule has 3 nitrogen and oxygen atoms in total. The van der Waals surface area contributed by atoms with Crippen LogP contribution in [0.1, 0.15) is 68.6 Å². The molecule has 0 fully saturated rings. The van der Waals surface area contributed by atoms with E-state index >= 15 is 0 Å². The summed E-state index contributed by atoms with van der Waals surface area (Å²) in [6.07, 6.45) is 17.7. The molecule has 38 heavy (non-hydrogen) atoms. The number of hydrogen-bond acceptors (Lipinski definition) is 2. The lowest BCUT2D eigenvalue weighted by Crippen LogP contribution is -2.26. The topological polar surface area (TPSA) is 54.4 Å². The van der Waals surface area contributed by atoms with Gasteiger partial charge in [-0.15, -0.1) is 0 Å². The molecule has 1 N–H and O–H groups in total. The minimum absolute atomic E-state index is 0.193. The molecular weight excluding hydrogens is 488 g/mol. The van der Waals surface area contributed by atoms with Gasteiger partial charge in [-0.05, 0) is 70.8 Å². The maximum atomic E-state index is 11.5. The Bertz CT molecular complexity index is 1500. The Hall–Kier alpha value is -3.30. The van der Waals surface area contributed by atoms with E-state index in [-0.39, 0.29) is 11.2 Å². The summed E-state index contributed by atoms with van der Waals surface area (Å²) < 4.78 is 32.3. The maximum Gasteiger partial charge on any atom is 0.264 e. The van der Waals surface area contributed by atoms with Crippen molar-refractivity contribution in [1.29, 1.82) is 0 Å². The average molecular weight is 524 g/mol. The van der Waals surface area contributed by atoms with Gasteiger partial charge in [-0.3, -0.25) is 4.55 Å². The molecule has 0 heterocycles.